The van der Waals surface area contributed by atoms with Gasteiger partial charge in [-0.15, -0.1) is 0 Å². The van der Waals surface area contributed by atoms with Crippen molar-refractivity contribution in [2.45, 2.75) is 31.9 Å². The fraction of sp³-hybridized carbons (Fsp3) is 0.500. The summed E-state index contributed by atoms with van der Waals surface area (Å²) in [7, 11) is 0. The lowest BCUT2D eigenvalue weighted by Crippen LogP contribution is -2.21. The van der Waals surface area contributed by atoms with Crippen LogP contribution in [0.2, 0.25) is 0 Å². The molecule has 1 atom stereocenters. The third kappa shape index (κ3) is 2.19. The Labute approximate surface area is 112 Å². The van der Waals surface area contributed by atoms with Gasteiger partial charge in [0.2, 0.25) is 0 Å². The normalized spacial score (nSPS) is 18.8. The summed E-state index contributed by atoms with van der Waals surface area (Å²) in [5.74, 6) is 0.715. The first-order valence-electron chi connectivity index (χ1n) is 6.70. The minimum Gasteiger partial charge on any atom is -0.399 e. The van der Waals surface area contributed by atoms with Gasteiger partial charge in [-0.3, -0.25) is 0 Å². The van der Waals surface area contributed by atoms with Crippen molar-refractivity contribution in [2.24, 2.45) is 0 Å². The highest BCUT2D eigenvalue weighted by Gasteiger charge is 2.23. The first-order valence-corrected chi connectivity index (χ1v) is 6.70. The van der Waals surface area contributed by atoms with Gasteiger partial charge in [-0.25, -0.2) is 4.98 Å². The van der Waals surface area contributed by atoms with E-state index in [0.29, 0.717) is 17.6 Å². The maximum absolute atomic E-state index is 9.96. The Morgan fingerprint density at radius 1 is 1.42 bits per heavy atom. The largest absolute Gasteiger partial charge is 0.399 e. The molecule has 2 heterocycles. The van der Waals surface area contributed by atoms with Crippen molar-refractivity contribution in [1.29, 1.82) is 0 Å². The highest BCUT2D eigenvalue weighted by Crippen LogP contribution is 2.31. The van der Waals surface area contributed by atoms with Crippen LogP contribution in [0.4, 0.5) is 5.69 Å². The Balaban J connectivity index is 2.15. The number of ether oxygens (including phenoxy) is 1. The zero-order chi connectivity index (χ0) is 13.4. The van der Waals surface area contributed by atoms with Crippen molar-refractivity contribution in [3.8, 4) is 0 Å². The fourth-order valence-electron chi connectivity index (χ4n) is 2.76. The second-order valence-electron chi connectivity index (χ2n) is 5.11. The highest BCUT2D eigenvalue weighted by molar-refractivity contribution is 5.80. The van der Waals surface area contributed by atoms with Gasteiger partial charge in [-0.1, -0.05) is 0 Å². The number of nitrogens with two attached hydrogens (primary N) is 1. The first-order chi connectivity index (χ1) is 9.16. The molecule has 0 saturated carbocycles. The zero-order valence-electron chi connectivity index (χ0n) is 11.0. The summed E-state index contributed by atoms with van der Waals surface area (Å²) in [5.41, 5.74) is 8.39. The molecule has 3 N–H and O–H groups in total. The van der Waals surface area contributed by atoms with Crippen LogP contribution in [0.5, 0.6) is 0 Å². The van der Waals surface area contributed by atoms with Gasteiger partial charge in [0.15, 0.2) is 0 Å². The Morgan fingerprint density at radius 3 is 2.84 bits per heavy atom. The van der Waals surface area contributed by atoms with E-state index in [2.05, 4.69) is 9.55 Å². The van der Waals surface area contributed by atoms with Gasteiger partial charge in [0.25, 0.3) is 0 Å². The molecule has 1 fully saturated rings. The predicted octanol–water partition coefficient (Wildman–Crippen LogP) is 2.02. The number of hydrogen-bond acceptors (Lipinski definition) is 4. The standard InChI is InChI=1S/C14H19N3O2/c1-9(18)14-16-12-8-10(15)2-3-13(12)17(14)11-4-6-19-7-5-11/h2-3,8-9,11,18H,4-7,15H2,1H3. The second kappa shape index (κ2) is 4.83. The van der Waals surface area contributed by atoms with Gasteiger partial charge >= 0.3 is 0 Å². The molecule has 1 aromatic heterocycles. The van der Waals surface area contributed by atoms with Crippen LogP contribution in [0.1, 0.15) is 37.7 Å². The number of nitrogen functional groups attached to an aromatic ring is 1. The number of aromatic nitrogens is 2. The molecule has 1 aromatic carbocycles. The summed E-state index contributed by atoms with van der Waals surface area (Å²) >= 11 is 0. The SMILES string of the molecule is CC(O)c1nc2cc(N)ccc2n1C1CCOCC1. The van der Waals surface area contributed by atoms with E-state index in [4.69, 9.17) is 10.5 Å². The van der Waals surface area contributed by atoms with Crippen LogP contribution >= 0.6 is 0 Å². The molecular weight excluding hydrogens is 242 g/mol. The summed E-state index contributed by atoms with van der Waals surface area (Å²) in [6, 6.07) is 6.06. The van der Waals surface area contributed by atoms with E-state index >= 15 is 0 Å². The molecule has 2 aromatic rings. The van der Waals surface area contributed by atoms with Crippen LogP contribution < -0.4 is 5.73 Å². The van der Waals surface area contributed by atoms with Crippen LogP contribution in [0.15, 0.2) is 18.2 Å². The monoisotopic (exact) mass is 261 g/mol. The van der Waals surface area contributed by atoms with Crippen molar-refractivity contribution in [3.05, 3.63) is 24.0 Å². The second-order valence-corrected chi connectivity index (χ2v) is 5.11. The van der Waals surface area contributed by atoms with Gasteiger partial charge in [0.1, 0.15) is 11.9 Å². The molecule has 1 saturated heterocycles. The summed E-state index contributed by atoms with van der Waals surface area (Å²) in [5, 5.41) is 9.96. The molecule has 0 radical (unpaired) electrons. The van der Waals surface area contributed by atoms with E-state index in [0.717, 1.165) is 37.1 Å². The van der Waals surface area contributed by atoms with E-state index < -0.39 is 6.10 Å². The van der Waals surface area contributed by atoms with Crippen molar-refractivity contribution in [1.82, 2.24) is 9.55 Å². The number of imidazole rings is 1. The molecule has 5 heteroatoms. The number of benzene rings is 1. The molecule has 1 unspecified atom stereocenters. The maximum atomic E-state index is 9.96. The molecule has 0 aliphatic carbocycles. The van der Waals surface area contributed by atoms with Crippen LogP contribution in [-0.2, 0) is 4.74 Å². The Morgan fingerprint density at radius 2 is 2.16 bits per heavy atom. The number of rotatable bonds is 2. The summed E-state index contributed by atoms with van der Waals surface area (Å²) in [4.78, 5) is 4.54. The number of nitrogens with zero attached hydrogens (tertiary/aromatic N) is 2. The van der Waals surface area contributed by atoms with Crippen LogP contribution in [0.3, 0.4) is 0 Å². The molecule has 0 amide bonds. The molecule has 5 nitrogen and oxygen atoms in total. The molecule has 1 aliphatic heterocycles. The fourth-order valence-corrected chi connectivity index (χ4v) is 2.76. The third-order valence-electron chi connectivity index (χ3n) is 3.67. The van der Waals surface area contributed by atoms with Crippen molar-refractivity contribution >= 4 is 16.7 Å². The maximum Gasteiger partial charge on any atom is 0.138 e. The quantitative estimate of drug-likeness (QED) is 0.811. The minimum absolute atomic E-state index is 0.340. The average Bonchev–Trinajstić information content (AvgIpc) is 2.78. The minimum atomic E-state index is -0.587. The van der Waals surface area contributed by atoms with Crippen molar-refractivity contribution in [2.75, 3.05) is 18.9 Å². The average molecular weight is 261 g/mol. The van der Waals surface area contributed by atoms with Gasteiger partial charge in [-0.2, -0.15) is 0 Å². The number of aliphatic hydroxyl groups is 1. The molecule has 19 heavy (non-hydrogen) atoms. The summed E-state index contributed by atoms with van der Waals surface area (Å²) in [6.45, 7) is 3.28. The Hall–Kier alpha value is -1.59. The Kier molecular flexibility index (Phi) is 3.16. The van der Waals surface area contributed by atoms with Gasteiger partial charge < -0.3 is 20.1 Å². The first kappa shape index (κ1) is 12.4. The molecule has 3 rings (SSSR count). The van der Waals surface area contributed by atoms with Crippen LogP contribution in [-0.4, -0.2) is 27.9 Å². The van der Waals surface area contributed by atoms with Gasteiger partial charge in [0, 0.05) is 24.9 Å². The van der Waals surface area contributed by atoms with Gasteiger partial charge in [-0.05, 0) is 38.0 Å². The summed E-state index contributed by atoms with van der Waals surface area (Å²) in [6.07, 6.45) is 1.32. The lowest BCUT2D eigenvalue weighted by Gasteiger charge is -2.26. The topological polar surface area (TPSA) is 73.3 Å². The van der Waals surface area contributed by atoms with E-state index in [1.54, 1.807) is 6.92 Å². The third-order valence-corrected chi connectivity index (χ3v) is 3.67. The number of aliphatic hydroxyl groups excluding tert-OH is 1. The van der Waals surface area contributed by atoms with Crippen LogP contribution in [0.25, 0.3) is 11.0 Å². The van der Waals surface area contributed by atoms with Crippen molar-refractivity contribution < 1.29 is 9.84 Å². The van der Waals surface area contributed by atoms with Crippen molar-refractivity contribution in [3.63, 3.8) is 0 Å². The van der Waals surface area contributed by atoms with Gasteiger partial charge in [0.05, 0.1) is 11.0 Å². The smallest absolute Gasteiger partial charge is 0.138 e. The highest BCUT2D eigenvalue weighted by atomic mass is 16.5. The molecule has 102 valence electrons. The number of fused-ring (bicyclic) bond motifs is 1. The lowest BCUT2D eigenvalue weighted by molar-refractivity contribution is 0.0671. The van der Waals surface area contributed by atoms with E-state index in [9.17, 15) is 5.11 Å². The lowest BCUT2D eigenvalue weighted by atomic mass is 10.1. The molecule has 0 bridgehead atoms. The molecule has 1 aliphatic rings. The predicted molar refractivity (Wildman–Crippen MR) is 73.9 cm³/mol. The Bertz CT molecular complexity index is 586. The van der Waals surface area contributed by atoms with E-state index in [1.807, 2.05) is 18.2 Å². The summed E-state index contributed by atoms with van der Waals surface area (Å²) < 4.78 is 7.57. The number of anilines is 1. The molecular formula is C14H19N3O2. The number of hydrogen-bond donors (Lipinski definition) is 2. The molecule has 0 spiro atoms. The van der Waals surface area contributed by atoms with E-state index in [1.165, 1.54) is 0 Å². The van der Waals surface area contributed by atoms with Crippen LogP contribution in [0, 0.1) is 0 Å². The van der Waals surface area contributed by atoms with E-state index in [-0.39, 0.29) is 0 Å². The zero-order valence-corrected chi connectivity index (χ0v) is 11.0.